The molecule has 2 rings (SSSR count). The molecular weight excluding hydrogens is 270 g/mol. The van der Waals surface area contributed by atoms with Crippen molar-refractivity contribution in [2.45, 2.75) is 6.04 Å². The SMILES string of the molecule is O=C(c1ccccc1)c1ccccc1NC(CO)C(=O)O. The van der Waals surface area contributed by atoms with Crippen LogP contribution in [0.25, 0.3) is 0 Å². The lowest BCUT2D eigenvalue weighted by atomic mass is 10.0. The number of aliphatic hydroxyl groups excluding tert-OH is 1. The van der Waals surface area contributed by atoms with Gasteiger partial charge in [0.25, 0.3) is 0 Å². The molecule has 0 saturated carbocycles. The first-order chi connectivity index (χ1) is 10.1. The van der Waals surface area contributed by atoms with Gasteiger partial charge in [-0.15, -0.1) is 0 Å². The smallest absolute Gasteiger partial charge is 0.328 e. The molecule has 2 aromatic rings. The molecule has 0 radical (unpaired) electrons. The Labute approximate surface area is 121 Å². The van der Waals surface area contributed by atoms with Crippen LogP contribution in [0.2, 0.25) is 0 Å². The maximum atomic E-state index is 12.5. The number of aliphatic carboxylic acids is 1. The van der Waals surface area contributed by atoms with E-state index in [2.05, 4.69) is 5.32 Å². The van der Waals surface area contributed by atoms with Crippen LogP contribution in [0.15, 0.2) is 54.6 Å². The van der Waals surface area contributed by atoms with Gasteiger partial charge < -0.3 is 15.5 Å². The molecule has 5 nitrogen and oxygen atoms in total. The highest BCUT2D eigenvalue weighted by molar-refractivity contribution is 6.12. The van der Waals surface area contributed by atoms with Crippen molar-refractivity contribution in [1.29, 1.82) is 0 Å². The molecular formula is C16H15NO4. The average Bonchev–Trinajstić information content (AvgIpc) is 2.52. The van der Waals surface area contributed by atoms with Crippen LogP contribution in [-0.4, -0.2) is 34.6 Å². The molecule has 0 heterocycles. The number of ketones is 1. The molecule has 0 aromatic heterocycles. The van der Waals surface area contributed by atoms with E-state index in [0.717, 1.165) is 0 Å². The average molecular weight is 285 g/mol. The predicted octanol–water partition coefficient (Wildman–Crippen LogP) is 1.77. The minimum atomic E-state index is -1.18. The highest BCUT2D eigenvalue weighted by atomic mass is 16.4. The molecule has 1 unspecified atom stereocenters. The molecule has 0 bridgehead atoms. The van der Waals surface area contributed by atoms with E-state index in [9.17, 15) is 9.59 Å². The summed E-state index contributed by atoms with van der Waals surface area (Å²) >= 11 is 0. The van der Waals surface area contributed by atoms with Crippen molar-refractivity contribution in [2.24, 2.45) is 0 Å². The summed E-state index contributed by atoms with van der Waals surface area (Å²) in [6, 6.07) is 14.2. The third-order valence-corrected chi connectivity index (χ3v) is 3.02. The van der Waals surface area contributed by atoms with Crippen molar-refractivity contribution in [3.63, 3.8) is 0 Å². The second kappa shape index (κ2) is 6.67. The number of carbonyl (C=O) groups is 2. The van der Waals surface area contributed by atoms with Crippen LogP contribution in [-0.2, 0) is 4.79 Å². The molecule has 2 aromatic carbocycles. The lowest BCUT2D eigenvalue weighted by Crippen LogP contribution is -2.33. The van der Waals surface area contributed by atoms with Crippen molar-refractivity contribution in [3.05, 3.63) is 65.7 Å². The van der Waals surface area contributed by atoms with Crippen molar-refractivity contribution in [1.82, 2.24) is 0 Å². The number of nitrogens with one attached hydrogen (secondary N) is 1. The Bertz CT molecular complexity index is 640. The van der Waals surface area contributed by atoms with Crippen LogP contribution >= 0.6 is 0 Å². The van der Waals surface area contributed by atoms with Gasteiger partial charge in [0.2, 0.25) is 0 Å². The molecule has 5 heteroatoms. The highest BCUT2D eigenvalue weighted by Gasteiger charge is 2.19. The topological polar surface area (TPSA) is 86.6 Å². The minimum absolute atomic E-state index is 0.208. The third kappa shape index (κ3) is 3.46. The fraction of sp³-hybridized carbons (Fsp3) is 0.125. The van der Waals surface area contributed by atoms with E-state index in [0.29, 0.717) is 16.8 Å². The van der Waals surface area contributed by atoms with Gasteiger partial charge in [0.15, 0.2) is 5.78 Å². The molecule has 0 saturated heterocycles. The van der Waals surface area contributed by atoms with Crippen LogP contribution in [0.4, 0.5) is 5.69 Å². The number of para-hydroxylation sites is 1. The van der Waals surface area contributed by atoms with E-state index < -0.39 is 18.6 Å². The van der Waals surface area contributed by atoms with Gasteiger partial charge in [0.1, 0.15) is 6.04 Å². The number of rotatable bonds is 6. The van der Waals surface area contributed by atoms with Gasteiger partial charge in [-0.3, -0.25) is 4.79 Å². The number of carboxylic acid groups (broad SMARTS) is 1. The normalized spacial score (nSPS) is 11.7. The lowest BCUT2D eigenvalue weighted by Gasteiger charge is -2.16. The van der Waals surface area contributed by atoms with Crippen LogP contribution in [0, 0.1) is 0 Å². The molecule has 3 N–H and O–H groups in total. The summed E-state index contributed by atoms with van der Waals surface area (Å²) in [5.74, 6) is -1.39. The Hall–Kier alpha value is -2.66. The first-order valence-electron chi connectivity index (χ1n) is 6.42. The second-order valence-electron chi connectivity index (χ2n) is 4.46. The zero-order chi connectivity index (χ0) is 15.2. The van der Waals surface area contributed by atoms with Crippen LogP contribution in [0.1, 0.15) is 15.9 Å². The highest BCUT2D eigenvalue weighted by Crippen LogP contribution is 2.20. The number of hydrogen-bond acceptors (Lipinski definition) is 4. The molecule has 0 aliphatic carbocycles. The zero-order valence-corrected chi connectivity index (χ0v) is 11.2. The molecule has 0 spiro atoms. The summed E-state index contributed by atoms with van der Waals surface area (Å²) in [4.78, 5) is 23.4. The lowest BCUT2D eigenvalue weighted by molar-refractivity contribution is -0.138. The first-order valence-corrected chi connectivity index (χ1v) is 6.42. The molecule has 0 amide bonds. The second-order valence-corrected chi connectivity index (χ2v) is 4.46. The van der Waals surface area contributed by atoms with Crippen LogP contribution in [0.3, 0.4) is 0 Å². The van der Waals surface area contributed by atoms with Gasteiger partial charge in [-0.25, -0.2) is 4.79 Å². The largest absolute Gasteiger partial charge is 0.480 e. The van der Waals surface area contributed by atoms with E-state index in [1.165, 1.54) is 0 Å². The Morgan fingerprint density at radius 1 is 1.00 bits per heavy atom. The summed E-state index contributed by atoms with van der Waals surface area (Å²) in [5, 5.41) is 20.7. The number of anilines is 1. The predicted molar refractivity (Wildman–Crippen MR) is 78.4 cm³/mol. The Morgan fingerprint density at radius 2 is 1.62 bits per heavy atom. The monoisotopic (exact) mass is 285 g/mol. The van der Waals surface area contributed by atoms with Crippen LogP contribution in [0.5, 0.6) is 0 Å². The van der Waals surface area contributed by atoms with Gasteiger partial charge in [-0.2, -0.15) is 0 Å². The molecule has 0 aliphatic heterocycles. The number of benzene rings is 2. The quantitative estimate of drug-likeness (QED) is 0.704. The summed E-state index contributed by atoms with van der Waals surface area (Å²) in [7, 11) is 0. The number of carbonyl (C=O) groups excluding carboxylic acids is 1. The first kappa shape index (κ1) is 14.7. The summed E-state index contributed by atoms with van der Waals surface area (Å²) in [6.45, 7) is -0.566. The van der Waals surface area contributed by atoms with E-state index in [-0.39, 0.29) is 5.78 Å². The van der Waals surface area contributed by atoms with E-state index >= 15 is 0 Å². The van der Waals surface area contributed by atoms with E-state index in [4.69, 9.17) is 10.2 Å². The molecule has 0 aliphatic rings. The fourth-order valence-corrected chi connectivity index (χ4v) is 1.93. The Balaban J connectivity index is 2.33. The Kier molecular flexibility index (Phi) is 4.68. The molecule has 21 heavy (non-hydrogen) atoms. The van der Waals surface area contributed by atoms with Gasteiger partial charge in [0, 0.05) is 16.8 Å². The summed E-state index contributed by atoms with van der Waals surface area (Å²) in [5.41, 5.74) is 1.26. The van der Waals surface area contributed by atoms with E-state index in [1.54, 1.807) is 48.5 Å². The molecule has 1 atom stereocenters. The number of hydrogen-bond donors (Lipinski definition) is 3. The van der Waals surface area contributed by atoms with Crippen molar-refractivity contribution in [3.8, 4) is 0 Å². The Morgan fingerprint density at radius 3 is 2.24 bits per heavy atom. The maximum absolute atomic E-state index is 12.5. The van der Waals surface area contributed by atoms with Gasteiger partial charge in [-0.1, -0.05) is 42.5 Å². The molecule has 0 fully saturated rings. The van der Waals surface area contributed by atoms with Crippen molar-refractivity contribution >= 4 is 17.4 Å². The molecule has 108 valence electrons. The number of aliphatic hydroxyl groups is 1. The summed E-state index contributed by atoms with van der Waals surface area (Å²) in [6.07, 6.45) is 0. The van der Waals surface area contributed by atoms with E-state index in [1.807, 2.05) is 6.07 Å². The number of carboxylic acids is 1. The maximum Gasteiger partial charge on any atom is 0.328 e. The fourth-order valence-electron chi connectivity index (χ4n) is 1.93. The van der Waals surface area contributed by atoms with Gasteiger partial charge in [-0.05, 0) is 12.1 Å². The standard InChI is InChI=1S/C16H15NO4/c18-10-14(16(20)21)17-13-9-5-4-8-12(13)15(19)11-6-2-1-3-7-11/h1-9,14,17-18H,10H2,(H,20,21). The van der Waals surface area contributed by atoms with Gasteiger partial charge >= 0.3 is 5.97 Å². The third-order valence-electron chi connectivity index (χ3n) is 3.02. The van der Waals surface area contributed by atoms with Gasteiger partial charge in [0.05, 0.1) is 6.61 Å². The zero-order valence-electron chi connectivity index (χ0n) is 11.2. The minimum Gasteiger partial charge on any atom is -0.480 e. The summed E-state index contributed by atoms with van der Waals surface area (Å²) < 4.78 is 0. The van der Waals surface area contributed by atoms with Crippen LogP contribution < -0.4 is 5.32 Å². The van der Waals surface area contributed by atoms with Crippen molar-refractivity contribution in [2.75, 3.05) is 11.9 Å². The van der Waals surface area contributed by atoms with Crippen molar-refractivity contribution < 1.29 is 19.8 Å².